The number of thiophene rings is 1. The third-order valence-corrected chi connectivity index (χ3v) is 8.88. The number of fused-ring (bicyclic) bond motifs is 1. The van der Waals surface area contributed by atoms with Gasteiger partial charge in [-0.25, -0.2) is 9.18 Å². The monoisotopic (exact) mass is 587 g/mol. The van der Waals surface area contributed by atoms with E-state index >= 15 is 0 Å². The Morgan fingerprint density at radius 3 is 2.70 bits per heavy atom. The fourth-order valence-corrected chi connectivity index (χ4v) is 6.65. The lowest BCUT2D eigenvalue weighted by molar-refractivity contribution is -0.115. The van der Waals surface area contributed by atoms with Crippen LogP contribution in [0.15, 0.2) is 29.4 Å². The number of hydrogen-bond acceptors (Lipinski definition) is 8. The van der Waals surface area contributed by atoms with Gasteiger partial charge in [-0.2, -0.15) is 0 Å². The van der Waals surface area contributed by atoms with Gasteiger partial charge in [0, 0.05) is 11.4 Å². The molecule has 1 aromatic carbocycles. The Labute approximate surface area is 241 Å². The van der Waals surface area contributed by atoms with Crippen molar-refractivity contribution in [2.45, 2.75) is 82.8 Å². The van der Waals surface area contributed by atoms with Crippen LogP contribution in [0.25, 0.3) is 0 Å². The maximum absolute atomic E-state index is 14.0. The van der Waals surface area contributed by atoms with Gasteiger partial charge in [0.1, 0.15) is 10.8 Å². The Kier molecular flexibility index (Phi) is 10.3. The number of carbonyl (C=O) groups excluding carboxylic acids is 3. The normalized spacial score (nSPS) is 13.4. The van der Waals surface area contributed by atoms with E-state index in [4.69, 9.17) is 4.74 Å². The number of carbonyl (C=O) groups is 3. The molecule has 1 aliphatic rings. The number of aryl methyl sites for hydroxylation is 1. The SMILES string of the molecule is CCCCn1c(CNC(=O)c2ccccc2F)nnc1S[C@H](C)C(=O)Nc1sc2c(c1C(=O)OCC)CCCC2. The first kappa shape index (κ1) is 29.7. The lowest BCUT2D eigenvalue weighted by Crippen LogP contribution is -2.26. The predicted molar refractivity (Wildman–Crippen MR) is 153 cm³/mol. The van der Waals surface area contributed by atoms with Crippen LogP contribution in [0.3, 0.4) is 0 Å². The summed E-state index contributed by atoms with van der Waals surface area (Å²) in [5, 5.41) is 14.8. The molecule has 9 nitrogen and oxygen atoms in total. The number of unbranched alkanes of at least 4 members (excludes halogenated alkanes) is 1. The molecule has 40 heavy (non-hydrogen) atoms. The van der Waals surface area contributed by atoms with Gasteiger partial charge in [0.25, 0.3) is 5.91 Å². The fraction of sp³-hybridized carbons (Fsp3) is 0.464. The summed E-state index contributed by atoms with van der Waals surface area (Å²) in [4.78, 5) is 39.7. The number of halogens is 1. The molecule has 2 heterocycles. The highest BCUT2D eigenvalue weighted by molar-refractivity contribution is 8.00. The zero-order chi connectivity index (χ0) is 28.6. The van der Waals surface area contributed by atoms with Crippen molar-refractivity contribution in [1.29, 1.82) is 0 Å². The van der Waals surface area contributed by atoms with Crippen LogP contribution in [-0.4, -0.2) is 44.4 Å². The second kappa shape index (κ2) is 13.9. The molecule has 2 amide bonds. The highest BCUT2D eigenvalue weighted by Crippen LogP contribution is 2.39. The van der Waals surface area contributed by atoms with Gasteiger partial charge in [-0.3, -0.25) is 9.59 Å². The first-order chi connectivity index (χ1) is 19.3. The van der Waals surface area contributed by atoms with E-state index in [-0.39, 0.29) is 24.6 Å². The maximum Gasteiger partial charge on any atom is 0.341 e. The van der Waals surface area contributed by atoms with E-state index in [0.717, 1.165) is 49.0 Å². The average molecular weight is 588 g/mol. The largest absolute Gasteiger partial charge is 0.462 e. The summed E-state index contributed by atoms with van der Waals surface area (Å²) in [6.07, 6.45) is 5.54. The van der Waals surface area contributed by atoms with Crippen LogP contribution in [0.5, 0.6) is 0 Å². The lowest BCUT2D eigenvalue weighted by atomic mass is 9.95. The van der Waals surface area contributed by atoms with Gasteiger partial charge in [-0.05, 0) is 63.6 Å². The van der Waals surface area contributed by atoms with Crippen LogP contribution in [0.1, 0.15) is 83.4 Å². The van der Waals surface area contributed by atoms with Crippen LogP contribution in [0.4, 0.5) is 9.39 Å². The van der Waals surface area contributed by atoms with Crippen molar-refractivity contribution in [1.82, 2.24) is 20.1 Å². The first-order valence-electron chi connectivity index (χ1n) is 13.6. The number of nitrogens with zero attached hydrogens (tertiary/aromatic N) is 3. The Morgan fingerprint density at radius 2 is 1.95 bits per heavy atom. The van der Waals surface area contributed by atoms with Crippen molar-refractivity contribution in [3.05, 3.63) is 57.5 Å². The number of rotatable bonds is 12. The molecular formula is C28H34FN5O4S2. The zero-order valence-corrected chi connectivity index (χ0v) is 24.6. The molecular weight excluding hydrogens is 553 g/mol. The molecule has 2 N–H and O–H groups in total. The molecule has 2 aromatic heterocycles. The second-order valence-electron chi connectivity index (χ2n) is 9.45. The Morgan fingerprint density at radius 1 is 1.18 bits per heavy atom. The number of benzene rings is 1. The number of esters is 1. The minimum Gasteiger partial charge on any atom is -0.462 e. The number of thioether (sulfide) groups is 1. The van der Waals surface area contributed by atoms with E-state index < -0.39 is 22.9 Å². The summed E-state index contributed by atoms with van der Waals surface area (Å²) in [6.45, 7) is 6.54. The zero-order valence-electron chi connectivity index (χ0n) is 22.9. The molecule has 0 unspecified atom stereocenters. The molecule has 1 atom stereocenters. The van der Waals surface area contributed by atoms with Crippen LogP contribution < -0.4 is 10.6 Å². The van der Waals surface area contributed by atoms with Crippen molar-refractivity contribution >= 4 is 45.9 Å². The van der Waals surface area contributed by atoms with E-state index in [2.05, 4.69) is 27.8 Å². The van der Waals surface area contributed by atoms with Gasteiger partial charge < -0.3 is 19.9 Å². The summed E-state index contributed by atoms with van der Waals surface area (Å²) in [5.41, 5.74) is 1.43. The van der Waals surface area contributed by atoms with Crippen molar-refractivity contribution in [2.75, 3.05) is 11.9 Å². The number of nitrogens with one attached hydrogen (secondary N) is 2. The van der Waals surface area contributed by atoms with E-state index in [1.807, 2.05) is 4.57 Å². The van der Waals surface area contributed by atoms with Crippen molar-refractivity contribution in [3.8, 4) is 0 Å². The van der Waals surface area contributed by atoms with Crippen LogP contribution >= 0.6 is 23.1 Å². The second-order valence-corrected chi connectivity index (χ2v) is 11.9. The molecule has 0 saturated heterocycles. The average Bonchev–Trinajstić information content (AvgIpc) is 3.50. The third kappa shape index (κ3) is 6.90. The van der Waals surface area contributed by atoms with Gasteiger partial charge in [0.05, 0.1) is 29.5 Å². The molecule has 12 heteroatoms. The Bertz CT molecular complexity index is 1370. The summed E-state index contributed by atoms with van der Waals surface area (Å²) < 4.78 is 21.2. The van der Waals surface area contributed by atoms with E-state index in [1.54, 1.807) is 19.9 Å². The summed E-state index contributed by atoms with van der Waals surface area (Å²) in [6, 6.07) is 5.79. The molecule has 0 radical (unpaired) electrons. The first-order valence-corrected chi connectivity index (χ1v) is 15.3. The Hall–Kier alpha value is -3.25. The van der Waals surface area contributed by atoms with Crippen molar-refractivity contribution < 1.29 is 23.5 Å². The number of ether oxygens (including phenoxy) is 1. The quantitative estimate of drug-likeness (QED) is 0.216. The third-order valence-electron chi connectivity index (χ3n) is 6.59. The molecule has 214 valence electrons. The van der Waals surface area contributed by atoms with Gasteiger partial charge in [0.15, 0.2) is 11.0 Å². The van der Waals surface area contributed by atoms with Crippen LogP contribution in [0.2, 0.25) is 0 Å². The smallest absolute Gasteiger partial charge is 0.341 e. The molecule has 0 bridgehead atoms. The topological polar surface area (TPSA) is 115 Å². The minimum absolute atomic E-state index is 0.0422. The maximum atomic E-state index is 14.0. The number of aromatic nitrogens is 3. The van der Waals surface area contributed by atoms with Crippen molar-refractivity contribution in [3.63, 3.8) is 0 Å². The van der Waals surface area contributed by atoms with Gasteiger partial charge in [-0.15, -0.1) is 21.5 Å². The predicted octanol–water partition coefficient (Wildman–Crippen LogP) is 5.38. The number of amides is 2. The van der Waals surface area contributed by atoms with Gasteiger partial charge >= 0.3 is 5.97 Å². The highest BCUT2D eigenvalue weighted by atomic mass is 32.2. The summed E-state index contributed by atoms with van der Waals surface area (Å²) in [5.74, 6) is -1.28. The fourth-order valence-electron chi connectivity index (χ4n) is 4.48. The van der Waals surface area contributed by atoms with E-state index in [1.165, 1.54) is 41.3 Å². The van der Waals surface area contributed by atoms with E-state index in [0.29, 0.717) is 28.1 Å². The molecule has 0 aliphatic heterocycles. The Balaban J connectivity index is 1.47. The van der Waals surface area contributed by atoms with Gasteiger partial charge in [0.2, 0.25) is 5.91 Å². The lowest BCUT2D eigenvalue weighted by Gasteiger charge is -2.14. The molecule has 0 spiro atoms. The standard InChI is InChI=1S/C28H34FN5O4S2/c1-4-6-15-34-22(16-30-25(36)18-11-7-9-13-20(18)29)32-33-28(34)39-17(3)24(35)31-26-23(27(37)38-5-2)19-12-8-10-14-21(19)40-26/h7,9,11,13,17H,4-6,8,10,12,14-16H2,1-3H3,(H,30,36)(H,31,35)/t17-/m1/s1. The minimum atomic E-state index is -0.596. The molecule has 1 aliphatic carbocycles. The molecule has 0 fully saturated rings. The molecule has 0 saturated carbocycles. The highest BCUT2D eigenvalue weighted by Gasteiger charge is 2.29. The van der Waals surface area contributed by atoms with E-state index in [9.17, 15) is 18.8 Å². The number of anilines is 1. The van der Waals surface area contributed by atoms with Crippen LogP contribution in [0, 0.1) is 5.82 Å². The number of hydrogen-bond donors (Lipinski definition) is 2. The van der Waals surface area contributed by atoms with Crippen LogP contribution in [-0.2, 0) is 35.5 Å². The summed E-state index contributed by atoms with van der Waals surface area (Å²) in [7, 11) is 0. The molecule has 3 aromatic rings. The van der Waals surface area contributed by atoms with Crippen molar-refractivity contribution in [2.24, 2.45) is 0 Å². The summed E-state index contributed by atoms with van der Waals surface area (Å²) >= 11 is 2.71. The van der Waals surface area contributed by atoms with Gasteiger partial charge in [-0.1, -0.05) is 37.2 Å². The molecule has 4 rings (SSSR count).